The molecule has 1 aromatic heterocycles. The molecule has 2 heterocycles. The Labute approximate surface area is 125 Å². The number of amidine groups is 1. The van der Waals surface area contributed by atoms with E-state index in [1.165, 1.54) is 11.3 Å². The summed E-state index contributed by atoms with van der Waals surface area (Å²) in [7, 11) is 0. The lowest BCUT2D eigenvalue weighted by Gasteiger charge is -2.04. The molecule has 9 heteroatoms. The summed E-state index contributed by atoms with van der Waals surface area (Å²) >= 11 is 5.86. The monoisotopic (exact) mass is 360 g/mol. The van der Waals surface area contributed by atoms with Crippen molar-refractivity contribution in [3.05, 3.63) is 20.8 Å². The van der Waals surface area contributed by atoms with E-state index in [9.17, 15) is 14.7 Å². The largest absolute Gasteiger partial charge is 0.550 e. The number of aliphatic carboxylic acids is 1. The van der Waals surface area contributed by atoms with Crippen molar-refractivity contribution < 1.29 is 14.7 Å². The highest BCUT2D eigenvalue weighted by atomic mass is 79.9. The van der Waals surface area contributed by atoms with E-state index in [0.717, 1.165) is 20.4 Å². The minimum absolute atomic E-state index is 0.295. The number of rotatable bonds is 4. The van der Waals surface area contributed by atoms with Gasteiger partial charge in [0.15, 0.2) is 5.17 Å². The third-order valence-electron chi connectivity index (χ3n) is 2.06. The molecule has 1 aromatic rings. The third-order valence-corrected chi connectivity index (χ3v) is 4.69. The zero-order chi connectivity index (χ0) is 13.8. The molecule has 2 rings (SSSR count). The van der Waals surface area contributed by atoms with Gasteiger partial charge in [-0.25, -0.2) is 0 Å². The Bertz CT molecular complexity index is 570. The van der Waals surface area contributed by atoms with E-state index in [1.807, 2.05) is 12.1 Å². The summed E-state index contributed by atoms with van der Waals surface area (Å²) in [6, 6.07) is 3.76. The maximum atomic E-state index is 11.4. The molecule has 0 radical (unpaired) electrons. The van der Waals surface area contributed by atoms with Gasteiger partial charge >= 0.3 is 0 Å². The van der Waals surface area contributed by atoms with Gasteiger partial charge in [0.2, 0.25) is 5.91 Å². The van der Waals surface area contributed by atoms with E-state index in [2.05, 4.69) is 31.4 Å². The number of hydrogen-bond donors (Lipinski definition) is 1. The summed E-state index contributed by atoms with van der Waals surface area (Å²) in [6.45, 7) is 0. The van der Waals surface area contributed by atoms with Crippen LogP contribution in [-0.2, 0) is 9.59 Å². The van der Waals surface area contributed by atoms with Crippen LogP contribution in [0, 0.1) is 0 Å². The van der Waals surface area contributed by atoms with Crippen molar-refractivity contribution in [2.45, 2.75) is 11.7 Å². The van der Waals surface area contributed by atoms with Crippen molar-refractivity contribution in [2.24, 2.45) is 10.2 Å². The molecule has 1 aliphatic rings. The summed E-state index contributed by atoms with van der Waals surface area (Å²) in [5.41, 5.74) is 0. The smallest absolute Gasteiger partial charge is 0.239 e. The number of carbonyl (C=O) groups excluding carboxylic acids is 2. The van der Waals surface area contributed by atoms with E-state index >= 15 is 0 Å². The van der Waals surface area contributed by atoms with Crippen LogP contribution in [0.2, 0.25) is 0 Å². The van der Waals surface area contributed by atoms with Gasteiger partial charge in [-0.1, -0.05) is 11.8 Å². The number of carbonyl (C=O) groups is 2. The van der Waals surface area contributed by atoms with Crippen molar-refractivity contribution in [3.8, 4) is 0 Å². The standard InChI is InChI=1S/C10H8BrN3O3S2/c11-7-2-1-5(18-7)4-12-14-10-13-9(17)6(19-10)3-8(15)16/h1-2,4,6H,3H2,(H,15,16)(H,13,14,17)/p-1/b12-4-/t6-/m1/s1. The van der Waals surface area contributed by atoms with Crippen molar-refractivity contribution in [1.82, 2.24) is 5.32 Å². The molecule has 1 fully saturated rings. The molecule has 0 spiro atoms. The average Bonchev–Trinajstić information content (AvgIpc) is 2.86. The molecule has 100 valence electrons. The number of hydrogen-bond acceptors (Lipinski definition) is 7. The molecule has 1 amide bonds. The summed E-state index contributed by atoms with van der Waals surface area (Å²) in [5, 5.41) is 20.2. The summed E-state index contributed by atoms with van der Waals surface area (Å²) < 4.78 is 0.985. The van der Waals surface area contributed by atoms with Crippen LogP contribution in [-0.4, -0.2) is 28.5 Å². The summed E-state index contributed by atoms with van der Waals surface area (Å²) in [5.74, 6) is -1.65. The molecule has 0 bridgehead atoms. The van der Waals surface area contributed by atoms with E-state index in [0.29, 0.717) is 5.17 Å². The Kier molecular flexibility index (Phi) is 4.72. The molecule has 0 aromatic carbocycles. The topological polar surface area (TPSA) is 93.9 Å². The van der Waals surface area contributed by atoms with Crippen molar-refractivity contribution >= 4 is 62.3 Å². The van der Waals surface area contributed by atoms with Crippen LogP contribution in [0.25, 0.3) is 0 Å². The highest BCUT2D eigenvalue weighted by molar-refractivity contribution is 9.11. The lowest BCUT2D eigenvalue weighted by atomic mass is 10.3. The van der Waals surface area contributed by atoms with Gasteiger partial charge in [-0.3, -0.25) is 4.79 Å². The number of carboxylic acid groups (broad SMARTS) is 1. The Morgan fingerprint density at radius 2 is 2.37 bits per heavy atom. The van der Waals surface area contributed by atoms with Crippen LogP contribution >= 0.6 is 39.0 Å². The maximum Gasteiger partial charge on any atom is 0.239 e. The number of nitrogens with one attached hydrogen (secondary N) is 1. The van der Waals surface area contributed by atoms with Gasteiger partial charge in [-0.2, -0.15) is 5.10 Å². The molecule has 1 aliphatic heterocycles. The fraction of sp³-hybridized carbons (Fsp3) is 0.200. The first-order chi connectivity index (χ1) is 9.04. The Balaban J connectivity index is 1.96. The van der Waals surface area contributed by atoms with E-state index in [1.54, 1.807) is 6.21 Å². The van der Waals surface area contributed by atoms with Gasteiger partial charge in [0.25, 0.3) is 0 Å². The van der Waals surface area contributed by atoms with Crippen molar-refractivity contribution in [1.29, 1.82) is 0 Å². The second-order valence-electron chi connectivity index (χ2n) is 3.46. The number of carboxylic acids is 1. The molecular weight excluding hydrogens is 354 g/mol. The number of amides is 1. The van der Waals surface area contributed by atoms with Gasteiger partial charge in [0.1, 0.15) is 0 Å². The second kappa shape index (κ2) is 6.31. The molecular formula is C10H7BrN3O3S2-. The number of thioether (sulfide) groups is 1. The highest BCUT2D eigenvalue weighted by Gasteiger charge is 2.30. The zero-order valence-corrected chi connectivity index (χ0v) is 12.5. The van der Waals surface area contributed by atoms with Crippen LogP contribution in [0.1, 0.15) is 11.3 Å². The normalized spacial score (nSPS) is 21.2. The van der Waals surface area contributed by atoms with E-state index < -0.39 is 11.2 Å². The highest BCUT2D eigenvalue weighted by Crippen LogP contribution is 2.22. The van der Waals surface area contributed by atoms with Crippen molar-refractivity contribution in [2.75, 3.05) is 0 Å². The van der Waals surface area contributed by atoms with Gasteiger partial charge < -0.3 is 15.2 Å². The number of thiophene rings is 1. The van der Waals surface area contributed by atoms with Gasteiger partial charge in [-0.05, 0) is 28.1 Å². The summed E-state index contributed by atoms with van der Waals surface area (Å²) in [4.78, 5) is 22.7. The zero-order valence-electron chi connectivity index (χ0n) is 9.33. The predicted molar refractivity (Wildman–Crippen MR) is 76.2 cm³/mol. The molecule has 6 nitrogen and oxygen atoms in total. The fourth-order valence-electron chi connectivity index (χ4n) is 1.27. The molecule has 0 saturated carbocycles. The fourth-order valence-corrected chi connectivity index (χ4v) is 3.47. The first-order valence-electron chi connectivity index (χ1n) is 5.08. The molecule has 1 saturated heterocycles. The minimum Gasteiger partial charge on any atom is -0.550 e. The van der Waals surface area contributed by atoms with Crippen LogP contribution < -0.4 is 10.4 Å². The second-order valence-corrected chi connectivity index (χ2v) is 7.15. The van der Waals surface area contributed by atoms with Crippen LogP contribution in [0.4, 0.5) is 0 Å². The molecule has 0 aliphatic carbocycles. The van der Waals surface area contributed by atoms with E-state index in [-0.39, 0.29) is 12.3 Å². The van der Waals surface area contributed by atoms with E-state index in [4.69, 9.17) is 0 Å². The Morgan fingerprint density at radius 3 is 3.00 bits per heavy atom. The molecule has 19 heavy (non-hydrogen) atoms. The molecule has 1 atom stereocenters. The number of nitrogens with zero attached hydrogens (tertiary/aromatic N) is 2. The van der Waals surface area contributed by atoms with Crippen molar-refractivity contribution in [3.63, 3.8) is 0 Å². The SMILES string of the molecule is O=C([O-])C[C@H]1S/C(=N\N=C/c2ccc(Br)s2)NC1=O. The quantitative estimate of drug-likeness (QED) is 0.627. The minimum atomic E-state index is -1.26. The van der Waals surface area contributed by atoms with Gasteiger partial charge in [0, 0.05) is 17.3 Å². The number of halogens is 1. The van der Waals surface area contributed by atoms with Crippen LogP contribution in [0.5, 0.6) is 0 Å². The summed E-state index contributed by atoms with van der Waals surface area (Å²) in [6.07, 6.45) is 1.22. The molecule has 0 unspecified atom stereocenters. The Hall–Kier alpha value is -1.19. The van der Waals surface area contributed by atoms with Crippen LogP contribution in [0.15, 0.2) is 26.1 Å². The lowest BCUT2D eigenvalue weighted by molar-refractivity contribution is -0.305. The lowest BCUT2D eigenvalue weighted by Crippen LogP contribution is -2.31. The first kappa shape index (κ1) is 14.2. The van der Waals surface area contributed by atoms with Gasteiger partial charge in [-0.15, -0.1) is 16.4 Å². The Morgan fingerprint density at radius 1 is 1.58 bits per heavy atom. The first-order valence-corrected chi connectivity index (χ1v) is 7.57. The van der Waals surface area contributed by atoms with Gasteiger partial charge in [0.05, 0.1) is 15.3 Å². The van der Waals surface area contributed by atoms with Crippen LogP contribution in [0.3, 0.4) is 0 Å². The predicted octanol–water partition coefficient (Wildman–Crippen LogP) is 0.572. The maximum absolute atomic E-state index is 11.4. The molecule has 1 N–H and O–H groups in total. The average molecular weight is 361 g/mol. The third kappa shape index (κ3) is 4.15.